The van der Waals surface area contributed by atoms with Crippen molar-refractivity contribution in [1.82, 2.24) is 0 Å². The normalized spacial score (nSPS) is 26.6. The third kappa shape index (κ3) is 2.22. The molecular weight excluding hydrogens is 194 g/mol. The minimum atomic E-state index is 0.227. The Hall–Kier alpha value is -0.670. The molecule has 1 aromatic rings. The van der Waals surface area contributed by atoms with Crippen LogP contribution in [0.4, 0.5) is 0 Å². The highest BCUT2D eigenvalue weighted by molar-refractivity contribution is 7.07. The molecule has 1 aromatic heterocycles. The number of thiophene rings is 1. The zero-order valence-electron chi connectivity index (χ0n) is 8.11. The minimum absolute atomic E-state index is 0.227. The highest BCUT2D eigenvalue weighted by Gasteiger charge is 2.27. The van der Waals surface area contributed by atoms with Gasteiger partial charge in [-0.1, -0.05) is 0 Å². The molecule has 1 aliphatic carbocycles. The van der Waals surface area contributed by atoms with Crippen molar-refractivity contribution in [1.29, 1.82) is 0 Å². The van der Waals surface area contributed by atoms with Crippen molar-refractivity contribution in [2.75, 3.05) is 0 Å². The van der Waals surface area contributed by atoms with Gasteiger partial charge in [0.2, 0.25) is 0 Å². The van der Waals surface area contributed by atoms with Gasteiger partial charge in [0.25, 0.3) is 0 Å². The molecule has 76 valence electrons. The first kappa shape index (κ1) is 9.87. The molecule has 2 unspecified atom stereocenters. The van der Waals surface area contributed by atoms with E-state index in [0.717, 1.165) is 24.8 Å². The summed E-state index contributed by atoms with van der Waals surface area (Å²) in [6, 6.07) is 2.28. The Labute approximate surface area is 88.1 Å². The Bertz CT molecular complexity index is 307. The Balaban J connectivity index is 1.90. The number of carbonyl (C=O) groups excluding carboxylic acids is 1. The zero-order valence-corrected chi connectivity index (χ0v) is 8.93. The predicted octanol–water partition coefficient (Wildman–Crippen LogP) is 1.99. The summed E-state index contributed by atoms with van der Waals surface area (Å²) in [5, 5.41) is 4.07. The summed E-state index contributed by atoms with van der Waals surface area (Å²) in [5.74, 6) is 0.598. The third-order valence-electron chi connectivity index (χ3n) is 2.89. The highest BCUT2D eigenvalue weighted by atomic mass is 32.1. The maximum Gasteiger partial charge on any atom is 0.140 e. The van der Waals surface area contributed by atoms with E-state index >= 15 is 0 Å². The lowest BCUT2D eigenvalue weighted by Gasteiger charge is -2.06. The van der Waals surface area contributed by atoms with Crippen LogP contribution in [0.2, 0.25) is 0 Å². The van der Waals surface area contributed by atoms with Gasteiger partial charge in [0.05, 0.1) is 0 Å². The molecule has 0 aliphatic heterocycles. The van der Waals surface area contributed by atoms with E-state index < -0.39 is 0 Å². The van der Waals surface area contributed by atoms with Crippen LogP contribution in [-0.2, 0) is 11.2 Å². The summed E-state index contributed by atoms with van der Waals surface area (Å²) in [6.07, 6.45) is 3.49. The molecule has 1 heterocycles. The lowest BCUT2D eigenvalue weighted by atomic mass is 9.98. The second-order valence-corrected chi connectivity index (χ2v) is 4.82. The van der Waals surface area contributed by atoms with E-state index in [4.69, 9.17) is 5.73 Å². The van der Waals surface area contributed by atoms with Gasteiger partial charge >= 0.3 is 0 Å². The molecule has 1 fully saturated rings. The maximum atomic E-state index is 11.8. The monoisotopic (exact) mass is 209 g/mol. The van der Waals surface area contributed by atoms with Crippen LogP contribution in [0.15, 0.2) is 16.8 Å². The second-order valence-electron chi connectivity index (χ2n) is 4.04. The number of nitrogens with two attached hydrogens (primary N) is 1. The second kappa shape index (κ2) is 4.24. The van der Waals surface area contributed by atoms with Crippen LogP contribution in [0.25, 0.3) is 0 Å². The first-order valence-electron chi connectivity index (χ1n) is 5.05. The van der Waals surface area contributed by atoms with Gasteiger partial charge in [0.15, 0.2) is 0 Å². The number of carbonyl (C=O) groups is 1. The molecule has 2 N–H and O–H groups in total. The molecule has 0 aromatic carbocycles. The predicted molar refractivity (Wildman–Crippen MR) is 58.3 cm³/mol. The standard InChI is InChI=1S/C11H15NOS/c12-10-2-1-9(6-10)11(13)5-8-3-4-14-7-8/h3-4,7,9-10H,1-2,5-6,12H2. The van der Waals surface area contributed by atoms with Crippen molar-refractivity contribution in [3.63, 3.8) is 0 Å². The summed E-state index contributed by atoms with van der Waals surface area (Å²) < 4.78 is 0. The fraction of sp³-hybridized carbons (Fsp3) is 0.545. The van der Waals surface area contributed by atoms with E-state index in [1.165, 1.54) is 0 Å². The Morgan fingerprint density at radius 2 is 2.43 bits per heavy atom. The van der Waals surface area contributed by atoms with Gasteiger partial charge in [-0.3, -0.25) is 4.79 Å². The topological polar surface area (TPSA) is 43.1 Å². The molecule has 0 bridgehead atoms. The van der Waals surface area contributed by atoms with Crippen molar-refractivity contribution in [2.24, 2.45) is 11.7 Å². The van der Waals surface area contributed by atoms with E-state index in [0.29, 0.717) is 12.2 Å². The smallest absolute Gasteiger partial charge is 0.140 e. The molecule has 1 saturated carbocycles. The SMILES string of the molecule is NC1CCC(C(=O)Cc2ccsc2)C1. The molecule has 3 heteroatoms. The molecule has 0 spiro atoms. The lowest BCUT2D eigenvalue weighted by Crippen LogP contribution is -2.18. The van der Waals surface area contributed by atoms with Gasteiger partial charge in [0, 0.05) is 18.4 Å². The summed E-state index contributed by atoms with van der Waals surface area (Å²) in [5.41, 5.74) is 6.94. The van der Waals surface area contributed by atoms with Crippen LogP contribution < -0.4 is 5.73 Å². The van der Waals surface area contributed by atoms with Crippen LogP contribution >= 0.6 is 11.3 Å². The molecule has 2 atom stereocenters. The summed E-state index contributed by atoms with van der Waals surface area (Å²) >= 11 is 1.65. The van der Waals surface area contributed by atoms with E-state index in [2.05, 4.69) is 0 Å². The van der Waals surface area contributed by atoms with Crippen molar-refractivity contribution < 1.29 is 4.79 Å². The van der Waals surface area contributed by atoms with E-state index in [1.807, 2.05) is 16.8 Å². The summed E-state index contributed by atoms with van der Waals surface area (Å²) in [4.78, 5) is 11.8. The molecule has 14 heavy (non-hydrogen) atoms. The Kier molecular flexibility index (Phi) is 2.99. The van der Waals surface area contributed by atoms with Crippen molar-refractivity contribution in [3.8, 4) is 0 Å². The van der Waals surface area contributed by atoms with Crippen LogP contribution in [0.5, 0.6) is 0 Å². The average molecular weight is 209 g/mol. The zero-order chi connectivity index (χ0) is 9.97. The van der Waals surface area contributed by atoms with Crippen LogP contribution in [0.1, 0.15) is 24.8 Å². The maximum absolute atomic E-state index is 11.8. The lowest BCUT2D eigenvalue weighted by molar-refractivity contribution is -0.122. The summed E-state index contributed by atoms with van der Waals surface area (Å²) in [7, 11) is 0. The van der Waals surface area contributed by atoms with Crippen LogP contribution in [0.3, 0.4) is 0 Å². The first-order chi connectivity index (χ1) is 6.75. The quantitative estimate of drug-likeness (QED) is 0.827. The van der Waals surface area contributed by atoms with Crippen molar-refractivity contribution in [3.05, 3.63) is 22.4 Å². The van der Waals surface area contributed by atoms with Gasteiger partial charge in [-0.2, -0.15) is 11.3 Å². The van der Waals surface area contributed by atoms with E-state index in [1.54, 1.807) is 11.3 Å². The number of hydrogen-bond donors (Lipinski definition) is 1. The first-order valence-corrected chi connectivity index (χ1v) is 5.99. The van der Waals surface area contributed by atoms with Gasteiger partial charge in [-0.05, 0) is 41.7 Å². The molecule has 2 rings (SSSR count). The minimum Gasteiger partial charge on any atom is -0.328 e. The Morgan fingerprint density at radius 3 is 3.00 bits per heavy atom. The van der Waals surface area contributed by atoms with Crippen molar-refractivity contribution >= 4 is 17.1 Å². The van der Waals surface area contributed by atoms with Gasteiger partial charge < -0.3 is 5.73 Å². The molecule has 0 saturated heterocycles. The molecule has 0 radical (unpaired) electrons. The highest BCUT2D eigenvalue weighted by Crippen LogP contribution is 2.26. The molecular formula is C11H15NOS. The average Bonchev–Trinajstić information content (AvgIpc) is 2.75. The number of Topliss-reactive ketones (excluding diaryl/α,β-unsaturated/α-hetero) is 1. The number of rotatable bonds is 3. The largest absolute Gasteiger partial charge is 0.328 e. The summed E-state index contributed by atoms with van der Waals surface area (Å²) in [6.45, 7) is 0. The fourth-order valence-electron chi connectivity index (χ4n) is 2.05. The molecule has 2 nitrogen and oxygen atoms in total. The molecule has 1 aliphatic rings. The Morgan fingerprint density at radius 1 is 1.57 bits per heavy atom. The van der Waals surface area contributed by atoms with Gasteiger partial charge in [0.1, 0.15) is 5.78 Å². The van der Waals surface area contributed by atoms with E-state index in [9.17, 15) is 4.79 Å². The van der Waals surface area contributed by atoms with Crippen LogP contribution in [-0.4, -0.2) is 11.8 Å². The van der Waals surface area contributed by atoms with E-state index in [-0.39, 0.29) is 12.0 Å². The molecule has 0 amide bonds. The number of hydrogen-bond acceptors (Lipinski definition) is 3. The van der Waals surface area contributed by atoms with Gasteiger partial charge in [-0.15, -0.1) is 0 Å². The van der Waals surface area contributed by atoms with Gasteiger partial charge in [-0.25, -0.2) is 0 Å². The van der Waals surface area contributed by atoms with Crippen LogP contribution in [0, 0.1) is 5.92 Å². The van der Waals surface area contributed by atoms with Crippen molar-refractivity contribution in [2.45, 2.75) is 31.7 Å². The number of ketones is 1. The fourth-order valence-corrected chi connectivity index (χ4v) is 2.72. The third-order valence-corrected chi connectivity index (χ3v) is 3.62.